The molecule has 0 aromatic carbocycles. The third-order valence-corrected chi connectivity index (χ3v) is 4.83. The molecule has 0 radical (unpaired) electrons. The van der Waals surface area contributed by atoms with Crippen LogP contribution in [0.5, 0.6) is 0 Å². The predicted octanol–water partition coefficient (Wildman–Crippen LogP) is 3.09. The molecule has 3 rings (SSSR count). The second-order valence-corrected chi connectivity index (χ2v) is 9.27. The van der Waals surface area contributed by atoms with Gasteiger partial charge in [-0.1, -0.05) is 0 Å². The Morgan fingerprint density at radius 2 is 1.00 bits per heavy atom. The lowest BCUT2D eigenvalue weighted by atomic mass is 10.2. The summed E-state index contributed by atoms with van der Waals surface area (Å²) in [5, 5.41) is 0. The maximum atomic E-state index is 5.61. The summed E-state index contributed by atoms with van der Waals surface area (Å²) in [4.78, 5) is 22.3. The van der Waals surface area contributed by atoms with Crippen LogP contribution < -0.4 is 0 Å². The van der Waals surface area contributed by atoms with E-state index in [1.54, 1.807) is 0 Å². The van der Waals surface area contributed by atoms with Gasteiger partial charge in [0.25, 0.3) is 0 Å². The molecule has 0 aromatic heterocycles. The average molecular weight is 290 g/mol. The van der Waals surface area contributed by atoms with Gasteiger partial charge in [0.2, 0.25) is 11.6 Å². The lowest BCUT2D eigenvalue weighted by Gasteiger charge is -2.30. The molecule has 1 aliphatic heterocycles. The first-order valence-corrected chi connectivity index (χ1v) is 9.96. The molecular formula is C12H22O6Si. The third-order valence-electron chi connectivity index (χ3n) is 3.86. The summed E-state index contributed by atoms with van der Waals surface area (Å²) in [5.41, 5.74) is 0. The summed E-state index contributed by atoms with van der Waals surface area (Å²) < 4.78 is 11.0. The van der Waals surface area contributed by atoms with Gasteiger partial charge in [0.05, 0.1) is 0 Å². The minimum Gasteiger partial charge on any atom is -0.246 e. The normalized spacial score (nSPS) is 33.2. The summed E-state index contributed by atoms with van der Waals surface area (Å²) in [7, 11) is -2.50. The van der Waals surface area contributed by atoms with Crippen LogP contribution in [0.2, 0.25) is 13.1 Å². The van der Waals surface area contributed by atoms with E-state index in [1.165, 1.54) is 0 Å². The van der Waals surface area contributed by atoms with Crippen LogP contribution in [0, 0.1) is 0 Å². The molecule has 6 nitrogen and oxygen atoms in total. The quantitative estimate of drug-likeness (QED) is 0.505. The Kier molecular flexibility index (Phi) is 3.72. The fourth-order valence-electron chi connectivity index (χ4n) is 2.71. The summed E-state index contributed by atoms with van der Waals surface area (Å²) >= 11 is 0. The lowest BCUT2D eigenvalue weighted by Crippen LogP contribution is -2.40. The van der Waals surface area contributed by atoms with Crippen LogP contribution in [0.1, 0.15) is 51.4 Å². The number of rotatable bonds is 0. The molecule has 2 aliphatic carbocycles. The van der Waals surface area contributed by atoms with Crippen molar-refractivity contribution in [2.45, 2.75) is 76.0 Å². The smallest absolute Gasteiger partial charge is 0.246 e. The average Bonchev–Trinajstić information content (AvgIpc) is 3.03. The van der Waals surface area contributed by atoms with Crippen molar-refractivity contribution in [3.63, 3.8) is 0 Å². The van der Waals surface area contributed by atoms with E-state index in [1.807, 2.05) is 13.1 Å². The molecule has 19 heavy (non-hydrogen) atoms. The Bertz CT molecular complexity index is 292. The number of hydrogen-bond donors (Lipinski definition) is 0. The lowest BCUT2D eigenvalue weighted by molar-refractivity contribution is -0.546. The minimum atomic E-state index is -2.50. The fourth-order valence-corrected chi connectivity index (χ4v) is 3.44. The third kappa shape index (κ3) is 3.02. The molecule has 0 unspecified atom stereocenters. The summed E-state index contributed by atoms with van der Waals surface area (Å²) in [6.07, 6.45) is 7.27. The van der Waals surface area contributed by atoms with Crippen LogP contribution in [0.15, 0.2) is 0 Å². The molecule has 2 saturated carbocycles. The standard InChI is InChI=1S/C12H22O6Si/c1-19(2)17-15-11(7-3-4-8-11)13-14-12(16-18-19)9-5-6-10-12/h3-10H2,1-2H3. The summed E-state index contributed by atoms with van der Waals surface area (Å²) in [6.45, 7) is 3.76. The fraction of sp³-hybridized carbons (Fsp3) is 1.00. The van der Waals surface area contributed by atoms with Crippen molar-refractivity contribution >= 4 is 8.56 Å². The number of hydrogen-bond acceptors (Lipinski definition) is 6. The first kappa shape index (κ1) is 13.9. The molecule has 2 spiro atoms. The van der Waals surface area contributed by atoms with Gasteiger partial charge in [0, 0.05) is 25.7 Å². The highest BCUT2D eigenvalue weighted by molar-refractivity contribution is 6.64. The van der Waals surface area contributed by atoms with Crippen LogP contribution in [0.3, 0.4) is 0 Å². The Balaban J connectivity index is 1.78. The molecule has 0 amide bonds. The van der Waals surface area contributed by atoms with Crippen molar-refractivity contribution in [3.8, 4) is 0 Å². The van der Waals surface area contributed by atoms with Gasteiger partial charge in [-0.25, -0.2) is 18.9 Å². The SMILES string of the molecule is C[Si]1(C)OOC2(CCCC2)OOC2(CCCC2)OO1. The zero-order valence-corrected chi connectivity index (χ0v) is 12.6. The van der Waals surface area contributed by atoms with Crippen LogP contribution in [0.4, 0.5) is 0 Å². The largest absolute Gasteiger partial charge is 0.404 e. The van der Waals surface area contributed by atoms with E-state index in [-0.39, 0.29) is 0 Å². The van der Waals surface area contributed by atoms with E-state index in [9.17, 15) is 0 Å². The van der Waals surface area contributed by atoms with Gasteiger partial charge in [-0.3, -0.25) is 0 Å². The Morgan fingerprint density at radius 3 is 1.37 bits per heavy atom. The molecule has 1 saturated heterocycles. The van der Waals surface area contributed by atoms with Gasteiger partial charge in [0.15, 0.2) is 0 Å². The summed E-state index contributed by atoms with van der Waals surface area (Å²) in [5.74, 6) is -1.59. The second-order valence-electron chi connectivity index (χ2n) is 6.14. The first-order valence-electron chi connectivity index (χ1n) is 7.14. The van der Waals surface area contributed by atoms with Gasteiger partial charge in [0.1, 0.15) is 0 Å². The van der Waals surface area contributed by atoms with Crippen LogP contribution >= 0.6 is 0 Å². The first-order chi connectivity index (χ1) is 9.04. The van der Waals surface area contributed by atoms with Gasteiger partial charge in [-0.05, 0) is 38.8 Å². The van der Waals surface area contributed by atoms with Crippen molar-refractivity contribution < 1.29 is 28.7 Å². The van der Waals surface area contributed by atoms with Crippen molar-refractivity contribution in [3.05, 3.63) is 0 Å². The molecule has 7 heteroatoms. The maximum Gasteiger partial charge on any atom is 0.404 e. The van der Waals surface area contributed by atoms with E-state index in [4.69, 9.17) is 28.7 Å². The molecule has 3 aliphatic rings. The van der Waals surface area contributed by atoms with Crippen molar-refractivity contribution in [1.82, 2.24) is 0 Å². The predicted molar refractivity (Wildman–Crippen MR) is 66.4 cm³/mol. The van der Waals surface area contributed by atoms with E-state index < -0.39 is 20.1 Å². The van der Waals surface area contributed by atoms with E-state index >= 15 is 0 Å². The van der Waals surface area contributed by atoms with Crippen molar-refractivity contribution in [1.29, 1.82) is 0 Å². The minimum absolute atomic E-state index is 0.771. The van der Waals surface area contributed by atoms with E-state index in [2.05, 4.69) is 0 Å². The Labute approximate surface area is 114 Å². The van der Waals surface area contributed by atoms with Crippen molar-refractivity contribution in [2.75, 3.05) is 0 Å². The summed E-state index contributed by atoms with van der Waals surface area (Å²) in [6, 6.07) is 0. The van der Waals surface area contributed by atoms with Gasteiger partial charge >= 0.3 is 8.56 Å². The van der Waals surface area contributed by atoms with Crippen LogP contribution in [-0.4, -0.2) is 20.1 Å². The second kappa shape index (κ2) is 5.07. The van der Waals surface area contributed by atoms with Gasteiger partial charge < -0.3 is 0 Å². The Morgan fingerprint density at radius 1 is 0.632 bits per heavy atom. The monoisotopic (exact) mass is 290 g/mol. The Hall–Kier alpha value is -0.0231. The van der Waals surface area contributed by atoms with E-state index in [0.29, 0.717) is 0 Å². The molecule has 0 bridgehead atoms. The van der Waals surface area contributed by atoms with Crippen molar-refractivity contribution in [2.24, 2.45) is 0 Å². The highest BCUT2D eigenvalue weighted by Gasteiger charge is 2.49. The van der Waals surface area contributed by atoms with Crippen LogP contribution in [-0.2, 0) is 28.7 Å². The topological polar surface area (TPSA) is 55.4 Å². The molecular weight excluding hydrogens is 268 g/mol. The van der Waals surface area contributed by atoms with Gasteiger partial charge in [-0.15, -0.1) is 0 Å². The molecule has 0 N–H and O–H groups in total. The zero-order valence-electron chi connectivity index (χ0n) is 11.6. The molecule has 110 valence electrons. The highest BCUT2D eigenvalue weighted by atomic mass is 28.4. The maximum absolute atomic E-state index is 5.61. The van der Waals surface area contributed by atoms with Gasteiger partial charge in [-0.2, -0.15) is 9.78 Å². The highest BCUT2D eigenvalue weighted by Crippen LogP contribution is 2.42. The molecule has 1 heterocycles. The molecule has 3 fully saturated rings. The zero-order chi connectivity index (χ0) is 13.4. The molecule has 0 aromatic rings. The van der Waals surface area contributed by atoms with E-state index in [0.717, 1.165) is 51.4 Å². The van der Waals surface area contributed by atoms with Crippen LogP contribution in [0.25, 0.3) is 0 Å². The molecule has 0 atom stereocenters.